The standard InChI is InChI=1S/C25H16ClN3OS/c26-22-12-5-4-11-21(22)24(30)28-20-10-6-7-17(14-20)13-19(15-27)25-29-23(16-31-25)18-8-2-1-3-9-18/h1-14,16H,(H,28,30). The van der Waals surface area contributed by atoms with Gasteiger partial charge in [0, 0.05) is 16.6 Å². The molecule has 0 atom stereocenters. The molecule has 4 rings (SSSR count). The lowest BCUT2D eigenvalue weighted by Crippen LogP contribution is -2.12. The second kappa shape index (κ2) is 9.40. The van der Waals surface area contributed by atoms with Gasteiger partial charge in [0.05, 0.1) is 21.9 Å². The van der Waals surface area contributed by atoms with Crippen LogP contribution < -0.4 is 5.32 Å². The van der Waals surface area contributed by atoms with Crippen LogP contribution in [0.2, 0.25) is 5.02 Å². The van der Waals surface area contributed by atoms with Crippen molar-refractivity contribution in [1.82, 2.24) is 4.98 Å². The molecule has 0 radical (unpaired) electrons. The molecule has 0 unspecified atom stereocenters. The van der Waals surface area contributed by atoms with E-state index in [0.717, 1.165) is 16.8 Å². The first kappa shape index (κ1) is 20.5. The molecule has 0 spiro atoms. The van der Waals surface area contributed by atoms with Gasteiger partial charge in [0.1, 0.15) is 11.1 Å². The van der Waals surface area contributed by atoms with E-state index >= 15 is 0 Å². The van der Waals surface area contributed by atoms with Crippen LogP contribution in [0.5, 0.6) is 0 Å². The number of hydrogen-bond acceptors (Lipinski definition) is 4. The van der Waals surface area contributed by atoms with Crippen molar-refractivity contribution in [3.8, 4) is 17.3 Å². The van der Waals surface area contributed by atoms with E-state index in [1.54, 1.807) is 42.5 Å². The summed E-state index contributed by atoms with van der Waals surface area (Å²) in [6.45, 7) is 0. The number of anilines is 1. The minimum atomic E-state index is -0.292. The maximum Gasteiger partial charge on any atom is 0.257 e. The molecule has 1 N–H and O–H groups in total. The molecule has 0 aliphatic rings. The highest BCUT2D eigenvalue weighted by atomic mass is 35.5. The largest absolute Gasteiger partial charge is 0.322 e. The number of amides is 1. The Kier molecular flexibility index (Phi) is 6.23. The summed E-state index contributed by atoms with van der Waals surface area (Å²) in [7, 11) is 0. The number of benzene rings is 3. The number of nitrogens with zero attached hydrogens (tertiary/aromatic N) is 2. The van der Waals surface area contributed by atoms with Crippen molar-refractivity contribution in [2.45, 2.75) is 0 Å². The molecule has 6 heteroatoms. The fourth-order valence-electron chi connectivity index (χ4n) is 3.00. The Hall–Kier alpha value is -3.72. The normalized spacial score (nSPS) is 11.0. The second-order valence-corrected chi connectivity index (χ2v) is 7.90. The third kappa shape index (κ3) is 4.89. The first-order chi connectivity index (χ1) is 15.1. The van der Waals surface area contributed by atoms with Crippen LogP contribution in [-0.4, -0.2) is 10.9 Å². The number of carbonyl (C=O) groups excluding carboxylic acids is 1. The lowest BCUT2D eigenvalue weighted by molar-refractivity contribution is 0.102. The SMILES string of the molecule is N#CC(=Cc1cccc(NC(=O)c2ccccc2Cl)c1)c1nc(-c2ccccc2)cs1. The average molecular weight is 442 g/mol. The smallest absolute Gasteiger partial charge is 0.257 e. The number of thiazole rings is 1. The highest BCUT2D eigenvalue weighted by Crippen LogP contribution is 2.27. The molecular weight excluding hydrogens is 426 g/mol. The second-order valence-electron chi connectivity index (χ2n) is 6.63. The van der Waals surface area contributed by atoms with Crippen LogP contribution in [0.15, 0.2) is 84.2 Å². The van der Waals surface area contributed by atoms with E-state index in [0.29, 0.717) is 26.9 Å². The average Bonchev–Trinajstić information content (AvgIpc) is 3.29. The molecule has 0 aliphatic heterocycles. The molecule has 0 saturated heterocycles. The van der Waals surface area contributed by atoms with Crippen LogP contribution in [0, 0.1) is 11.3 Å². The highest BCUT2D eigenvalue weighted by Gasteiger charge is 2.11. The van der Waals surface area contributed by atoms with Crippen LogP contribution in [0.4, 0.5) is 5.69 Å². The molecule has 0 saturated carbocycles. The van der Waals surface area contributed by atoms with Gasteiger partial charge >= 0.3 is 0 Å². The molecule has 0 aliphatic carbocycles. The van der Waals surface area contributed by atoms with Crippen molar-refractivity contribution in [3.63, 3.8) is 0 Å². The van der Waals surface area contributed by atoms with Gasteiger partial charge in [-0.05, 0) is 35.9 Å². The van der Waals surface area contributed by atoms with E-state index in [1.807, 2.05) is 47.8 Å². The summed E-state index contributed by atoms with van der Waals surface area (Å²) in [5.74, 6) is -0.292. The minimum absolute atomic E-state index is 0.292. The predicted octanol–water partition coefficient (Wildman–Crippen LogP) is 6.78. The van der Waals surface area contributed by atoms with Gasteiger partial charge in [0.25, 0.3) is 5.91 Å². The number of rotatable bonds is 5. The summed E-state index contributed by atoms with van der Waals surface area (Å²) in [4.78, 5) is 17.1. The molecule has 150 valence electrons. The van der Waals surface area contributed by atoms with Crippen molar-refractivity contribution < 1.29 is 4.79 Å². The Bertz CT molecular complexity index is 1310. The third-order valence-corrected chi connectivity index (χ3v) is 5.70. The number of nitriles is 1. The Morgan fingerprint density at radius 1 is 1.03 bits per heavy atom. The summed E-state index contributed by atoms with van der Waals surface area (Å²) in [5, 5.41) is 15.5. The molecule has 0 fully saturated rings. The number of aromatic nitrogens is 1. The molecule has 1 amide bonds. The number of nitrogens with one attached hydrogen (secondary N) is 1. The predicted molar refractivity (Wildman–Crippen MR) is 127 cm³/mol. The lowest BCUT2D eigenvalue weighted by Gasteiger charge is -2.07. The quantitative estimate of drug-likeness (QED) is 0.347. The summed E-state index contributed by atoms with van der Waals surface area (Å²) < 4.78 is 0. The van der Waals surface area contributed by atoms with Crippen molar-refractivity contribution in [2.75, 3.05) is 5.32 Å². The number of allylic oxidation sites excluding steroid dienone is 1. The summed E-state index contributed by atoms with van der Waals surface area (Å²) in [6, 6.07) is 26.2. The fraction of sp³-hybridized carbons (Fsp3) is 0. The zero-order chi connectivity index (χ0) is 21.6. The van der Waals surface area contributed by atoms with E-state index in [2.05, 4.69) is 16.4 Å². The van der Waals surface area contributed by atoms with Gasteiger partial charge in [-0.25, -0.2) is 4.98 Å². The van der Waals surface area contributed by atoms with Gasteiger partial charge < -0.3 is 5.32 Å². The maximum absolute atomic E-state index is 12.5. The van der Waals surface area contributed by atoms with Crippen LogP contribution in [0.3, 0.4) is 0 Å². The van der Waals surface area contributed by atoms with E-state index in [1.165, 1.54) is 11.3 Å². The van der Waals surface area contributed by atoms with Crippen LogP contribution in [-0.2, 0) is 0 Å². The maximum atomic E-state index is 12.5. The van der Waals surface area contributed by atoms with E-state index in [-0.39, 0.29) is 5.91 Å². The Labute approximate surface area is 189 Å². The van der Waals surface area contributed by atoms with Crippen LogP contribution >= 0.6 is 22.9 Å². The van der Waals surface area contributed by atoms with Gasteiger partial charge in [-0.2, -0.15) is 5.26 Å². The summed E-state index contributed by atoms with van der Waals surface area (Å²) in [5.41, 5.74) is 4.10. The fourth-order valence-corrected chi connectivity index (χ4v) is 4.01. The van der Waals surface area contributed by atoms with E-state index < -0.39 is 0 Å². The zero-order valence-electron chi connectivity index (χ0n) is 16.2. The molecular formula is C25H16ClN3OS. The Morgan fingerprint density at radius 3 is 2.58 bits per heavy atom. The molecule has 31 heavy (non-hydrogen) atoms. The van der Waals surface area contributed by atoms with Crippen molar-refractivity contribution >= 4 is 46.2 Å². The van der Waals surface area contributed by atoms with Crippen molar-refractivity contribution in [3.05, 3.63) is 105 Å². The first-order valence-electron chi connectivity index (χ1n) is 9.43. The molecule has 3 aromatic carbocycles. The number of carbonyl (C=O) groups is 1. The third-order valence-electron chi connectivity index (χ3n) is 4.50. The monoisotopic (exact) mass is 441 g/mol. The van der Waals surface area contributed by atoms with Crippen molar-refractivity contribution in [2.24, 2.45) is 0 Å². The molecule has 4 nitrogen and oxygen atoms in total. The van der Waals surface area contributed by atoms with Gasteiger partial charge in [-0.15, -0.1) is 11.3 Å². The molecule has 1 heterocycles. The number of halogens is 1. The summed E-state index contributed by atoms with van der Waals surface area (Å²) in [6.07, 6.45) is 1.76. The highest BCUT2D eigenvalue weighted by molar-refractivity contribution is 7.11. The lowest BCUT2D eigenvalue weighted by atomic mass is 10.1. The van der Waals surface area contributed by atoms with Gasteiger partial charge in [-0.3, -0.25) is 4.79 Å². The Morgan fingerprint density at radius 2 is 1.81 bits per heavy atom. The molecule has 1 aromatic heterocycles. The van der Waals surface area contributed by atoms with E-state index in [4.69, 9.17) is 11.6 Å². The van der Waals surface area contributed by atoms with E-state index in [9.17, 15) is 10.1 Å². The van der Waals surface area contributed by atoms with Crippen LogP contribution in [0.25, 0.3) is 22.9 Å². The van der Waals surface area contributed by atoms with Crippen molar-refractivity contribution in [1.29, 1.82) is 5.26 Å². The summed E-state index contributed by atoms with van der Waals surface area (Å²) >= 11 is 7.53. The Balaban J connectivity index is 1.57. The zero-order valence-corrected chi connectivity index (χ0v) is 17.8. The number of hydrogen-bond donors (Lipinski definition) is 1. The minimum Gasteiger partial charge on any atom is -0.322 e. The van der Waals surface area contributed by atoms with Gasteiger partial charge in [0.15, 0.2) is 0 Å². The first-order valence-corrected chi connectivity index (χ1v) is 10.7. The van der Waals surface area contributed by atoms with Gasteiger partial charge in [-0.1, -0.05) is 66.2 Å². The topological polar surface area (TPSA) is 65.8 Å². The van der Waals surface area contributed by atoms with Crippen LogP contribution in [0.1, 0.15) is 20.9 Å². The van der Waals surface area contributed by atoms with Gasteiger partial charge in [0.2, 0.25) is 0 Å². The molecule has 4 aromatic rings. The molecule has 0 bridgehead atoms.